The molecule has 0 bridgehead atoms. The van der Waals surface area contributed by atoms with Gasteiger partial charge in [-0.05, 0) is 32.9 Å². The Kier molecular flexibility index (Phi) is 2.75. The molecule has 0 radical (unpaired) electrons. The number of rotatable bonds is 2. The summed E-state index contributed by atoms with van der Waals surface area (Å²) in [4.78, 5) is 4.42. The van der Waals surface area contributed by atoms with Gasteiger partial charge >= 0.3 is 0 Å². The van der Waals surface area contributed by atoms with Gasteiger partial charge < -0.3 is 5.11 Å². The Bertz CT molecular complexity index is 503. The molecule has 0 aliphatic heterocycles. The van der Waals surface area contributed by atoms with Crippen molar-refractivity contribution in [2.45, 2.75) is 26.9 Å². The van der Waals surface area contributed by atoms with E-state index in [0.717, 1.165) is 17.0 Å². The van der Waals surface area contributed by atoms with E-state index < -0.39 is 6.10 Å². The first kappa shape index (κ1) is 10.8. The van der Waals surface area contributed by atoms with E-state index in [1.165, 1.54) is 0 Å². The van der Waals surface area contributed by atoms with E-state index in [-0.39, 0.29) is 0 Å². The van der Waals surface area contributed by atoms with Crippen molar-refractivity contribution in [3.8, 4) is 5.82 Å². The fourth-order valence-corrected chi connectivity index (χ4v) is 1.60. The Hall–Kier alpha value is -1.68. The van der Waals surface area contributed by atoms with Gasteiger partial charge in [-0.2, -0.15) is 5.10 Å². The van der Waals surface area contributed by atoms with Gasteiger partial charge in [0.1, 0.15) is 0 Å². The van der Waals surface area contributed by atoms with Crippen molar-refractivity contribution >= 4 is 0 Å². The van der Waals surface area contributed by atoms with Gasteiger partial charge in [0.05, 0.1) is 11.8 Å². The van der Waals surface area contributed by atoms with E-state index in [0.29, 0.717) is 5.82 Å². The van der Waals surface area contributed by atoms with Crippen molar-refractivity contribution in [1.29, 1.82) is 0 Å². The van der Waals surface area contributed by atoms with Gasteiger partial charge in [-0.25, -0.2) is 9.67 Å². The van der Waals surface area contributed by atoms with E-state index in [9.17, 15) is 5.11 Å². The molecular weight excluding hydrogens is 202 g/mol. The zero-order valence-corrected chi connectivity index (χ0v) is 9.68. The highest BCUT2D eigenvalue weighted by molar-refractivity contribution is 5.36. The smallest absolute Gasteiger partial charge is 0.159 e. The van der Waals surface area contributed by atoms with Crippen LogP contribution in [0.2, 0.25) is 0 Å². The Morgan fingerprint density at radius 3 is 2.50 bits per heavy atom. The number of pyridine rings is 1. The molecule has 0 saturated carbocycles. The van der Waals surface area contributed by atoms with E-state index in [2.05, 4.69) is 10.1 Å². The number of aliphatic hydroxyl groups is 1. The summed E-state index contributed by atoms with van der Waals surface area (Å²) in [5.41, 5.74) is 2.63. The van der Waals surface area contributed by atoms with E-state index in [4.69, 9.17) is 0 Å². The van der Waals surface area contributed by atoms with Gasteiger partial charge in [-0.15, -0.1) is 0 Å². The van der Waals surface area contributed by atoms with Crippen LogP contribution in [0, 0.1) is 13.8 Å². The van der Waals surface area contributed by atoms with Gasteiger partial charge in [0.25, 0.3) is 0 Å². The first-order chi connectivity index (χ1) is 7.58. The summed E-state index contributed by atoms with van der Waals surface area (Å²) in [6, 6.07) is 5.69. The van der Waals surface area contributed by atoms with Crippen molar-refractivity contribution in [1.82, 2.24) is 14.8 Å². The number of aryl methyl sites for hydroxylation is 2. The van der Waals surface area contributed by atoms with Crippen LogP contribution in [0.1, 0.15) is 30.0 Å². The van der Waals surface area contributed by atoms with Gasteiger partial charge in [0.15, 0.2) is 5.82 Å². The summed E-state index contributed by atoms with van der Waals surface area (Å²) in [6.45, 7) is 5.58. The Balaban J connectivity index is 2.57. The first-order valence-corrected chi connectivity index (χ1v) is 5.26. The summed E-state index contributed by atoms with van der Waals surface area (Å²) in [7, 11) is 0. The maximum Gasteiger partial charge on any atom is 0.159 e. The maximum absolute atomic E-state index is 9.68. The quantitative estimate of drug-likeness (QED) is 0.836. The molecule has 2 rings (SSSR count). The SMILES string of the molecule is Cc1ccc([C@H](C)O)c(-n2ccc(C)n2)n1. The van der Waals surface area contributed by atoms with Crippen molar-refractivity contribution in [3.63, 3.8) is 0 Å². The summed E-state index contributed by atoms with van der Waals surface area (Å²) < 4.78 is 1.70. The normalized spacial score (nSPS) is 12.8. The topological polar surface area (TPSA) is 50.9 Å². The van der Waals surface area contributed by atoms with Crippen LogP contribution in [0.25, 0.3) is 5.82 Å². The van der Waals surface area contributed by atoms with Crippen LogP contribution in [0.3, 0.4) is 0 Å². The number of hydrogen-bond donors (Lipinski definition) is 1. The van der Waals surface area contributed by atoms with Gasteiger partial charge in [0.2, 0.25) is 0 Å². The van der Waals surface area contributed by atoms with Crippen LogP contribution in [0.4, 0.5) is 0 Å². The summed E-state index contributed by atoms with van der Waals surface area (Å²) in [5, 5.41) is 14.0. The molecule has 0 saturated heterocycles. The second-order valence-corrected chi connectivity index (χ2v) is 3.94. The fraction of sp³-hybridized carbons (Fsp3) is 0.333. The Morgan fingerprint density at radius 1 is 1.19 bits per heavy atom. The third-order valence-electron chi connectivity index (χ3n) is 2.43. The third-order valence-corrected chi connectivity index (χ3v) is 2.43. The number of aliphatic hydroxyl groups excluding tert-OH is 1. The molecule has 16 heavy (non-hydrogen) atoms. The summed E-state index contributed by atoms with van der Waals surface area (Å²) in [5.74, 6) is 0.697. The predicted molar refractivity (Wildman–Crippen MR) is 61.5 cm³/mol. The van der Waals surface area contributed by atoms with Crippen LogP contribution in [0.15, 0.2) is 24.4 Å². The van der Waals surface area contributed by atoms with Gasteiger partial charge in [-0.3, -0.25) is 0 Å². The first-order valence-electron chi connectivity index (χ1n) is 5.26. The van der Waals surface area contributed by atoms with E-state index in [1.54, 1.807) is 11.6 Å². The zero-order chi connectivity index (χ0) is 11.7. The largest absolute Gasteiger partial charge is 0.389 e. The van der Waals surface area contributed by atoms with Crippen LogP contribution >= 0.6 is 0 Å². The molecule has 0 spiro atoms. The van der Waals surface area contributed by atoms with Gasteiger partial charge in [0, 0.05) is 17.5 Å². The molecule has 0 aliphatic rings. The average Bonchev–Trinajstić information content (AvgIpc) is 2.64. The molecule has 84 valence electrons. The molecule has 4 nitrogen and oxygen atoms in total. The lowest BCUT2D eigenvalue weighted by Crippen LogP contribution is -2.07. The van der Waals surface area contributed by atoms with Crippen molar-refractivity contribution in [2.75, 3.05) is 0 Å². The molecule has 0 aliphatic carbocycles. The highest BCUT2D eigenvalue weighted by Gasteiger charge is 2.11. The zero-order valence-electron chi connectivity index (χ0n) is 9.68. The Labute approximate surface area is 94.6 Å². The lowest BCUT2D eigenvalue weighted by atomic mass is 10.1. The lowest BCUT2D eigenvalue weighted by molar-refractivity contribution is 0.198. The lowest BCUT2D eigenvalue weighted by Gasteiger charge is -2.11. The monoisotopic (exact) mass is 217 g/mol. The molecule has 0 unspecified atom stereocenters. The number of hydrogen-bond acceptors (Lipinski definition) is 3. The number of aromatic nitrogens is 3. The molecule has 1 N–H and O–H groups in total. The fourth-order valence-electron chi connectivity index (χ4n) is 1.60. The predicted octanol–water partition coefficient (Wildman–Crippen LogP) is 1.94. The van der Waals surface area contributed by atoms with Crippen molar-refractivity contribution in [2.24, 2.45) is 0 Å². The molecule has 2 heterocycles. The van der Waals surface area contributed by atoms with E-state index >= 15 is 0 Å². The minimum Gasteiger partial charge on any atom is -0.389 e. The Morgan fingerprint density at radius 2 is 1.94 bits per heavy atom. The van der Waals surface area contributed by atoms with Crippen molar-refractivity contribution in [3.05, 3.63) is 41.3 Å². The second-order valence-electron chi connectivity index (χ2n) is 3.94. The highest BCUT2D eigenvalue weighted by Crippen LogP contribution is 2.19. The van der Waals surface area contributed by atoms with Crippen LogP contribution in [0.5, 0.6) is 0 Å². The molecular formula is C12H15N3O. The molecule has 0 fully saturated rings. The van der Waals surface area contributed by atoms with Crippen LogP contribution in [-0.4, -0.2) is 19.9 Å². The second kappa shape index (κ2) is 4.06. The molecule has 4 heteroatoms. The minimum absolute atomic E-state index is 0.549. The van der Waals surface area contributed by atoms with E-state index in [1.807, 2.05) is 38.2 Å². The molecule has 0 aromatic carbocycles. The third kappa shape index (κ3) is 1.97. The average molecular weight is 217 g/mol. The summed E-state index contributed by atoms with van der Waals surface area (Å²) in [6.07, 6.45) is 1.30. The highest BCUT2D eigenvalue weighted by atomic mass is 16.3. The standard InChI is InChI=1S/C12H15N3O/c1-8-4-5-11(10(3)16)12(13-8)15-7-6-9(2)14-15/h4-7,10,16H,1-3H3/t10-/m0/s1. The molecule has 0 amide bonds. The maximum atomic E-state index is 9.68. The van der Waals surface area contributed by atoms with Crippen molar-refractivity contribution < 1.29 is 5.11 Å². The van der Waals surface area contributed by atoms with Gasteiger partial charge in [-0.1, -0.05) is 6.07 Å². The summed E-state index contributed by atoms with van der Waals surface area (Å²) >= 11 is 0. The molecule has 2 aromatic heterocycles. The number of nitrogens with zero attached hydrogens (tertiary/aromatic N) is 3. The van der Waals surface area contributed by atoms with Crippen LogP contribution < -0.4 is 0 Å². The minimum atomic E-state index is -0.549. The molecule has 2 aromatic rings. The van der Waals surface area contributed by atoms with Crippen LogP contribution in [-0.2, 0) is 0 Å². The molecule has 1 atom stereocenters.